The van der Waals surface area contributed by atoms with Gasteiger partial charge < -0.3 is 0 Å². The van der Waals surface area contributed by atoms with Gasteiger partial charge in [-0.3, -0.25) is 20.4 Å². The minimum Gasteiger partial charge on any atom is -0.299 e. The van der Waals surface area contributed by atoms with E-state index in [1.54, 1.807) is 20.2 Å². The molecule has 0 saturated heterocycles. The lowest BCUT2D eigenvalue weighted by atomic mass is 9.91. The van der Waals surface area contributed by atoms with Crippen molar-refractivity contribution < 1.29 is 10.0 Å². The van der Waals surface area contributed by atoms with Gasteiger partial charge in [0, 0.05) is 20.3 Å². The zero-order valence-electron chi connectivity index (χ0n) is 12.4. The zero-order chi connectivity index (χ0) is 15.6. The molecular formula is C14H19N5O2. The zero-order valence-corrected chi connectivity index (χ0v) is 12.4. The molecule has 112 valence electrons. The molecule has 1 aromatic rings. The summed E-state index contributed by atoms with van der Waals surface area (Å²) >= 11 is 0. The first-order valence-electron chi connectivity index (χ1n) is 6.80. The van der Waals surface area contributed by atoms with Crippen LogP contribution < -0.4 is 0 Å². The van der Waals surface area contributed by atoms with Gasteiger partial charge >= 0.3 is 0 Å². The summed E-state index contributed by atoms with van der Waals surface area (Å²) in [5.74, 6) is -0.532. The Kier molecular flexibility index (Phi) is 4.42. The Hall–Kier alpha value is -2.15. The van der Waals surface area contributed by atoms with Crippen molar-refractivity contribution in [2.45, 2.75) is 26.2 Å². The number of carbonyl (C=O) groups excluding carboxylic acids is 1. The van der Waals surface area contributed by atoms with E-state index in [1.807, 2.05) is 0 Å². The van der Waals surface area contributed by atoms with Crippen molar-refractivity contribution in [3.8, 4) is 0 Å². The van der Waals surface area contributed by atoms with E-state index >= 15 is 0 Å². The predicted octanol–water partition coefficient (Wildman–Crippen LogP) is 1.02. The summed E-state index contributed by atoms with van der Waals surface area (Å²) in [4.78, 5) is 24.8. The molecule has 21 heavy (non-hydrogen) atoms. The summed E-state index contributed by atoms with van der Waals surface area (Å²) in [6.07, 6.45) is 4.02. The summed E-state index contributed by atoms with van der Waals surface area (Å²) in [7, 11) is 2.85. The molecule has 0 radical (unpaired) electrons. The first kappa shape index (κ1) is 15.2. The van der Waals surface area contributed by atoms with Crippen LogP contribution in [0.2, 0.25) is 0 Å². The summed E-state index contributed by atoms with van der Waals surface area (Å²) < 4.78 is 0. The lowest BCUT2D eigenvalue weighted by Crippen LogP contribution is -2.38. The van der Waals surface area contributed by atoms with E-state index in [0.717, 1.165) is 18.4 Å². The van der Waals surface area contributed by atoms with Crippen LogP contribution in [-0.2, 0) is 11.2 Å². The molecule has 0 fully saturated rings. The Labute approximate surface area is 123 Å². The third kappa shape index (κ3) is 2.97. The van der Waals surface area contributed by atoms with Crippen molar-refractivity contribution in [1.29, 1.82) is 5.41 Å². The van der Waals surface area contributed by atoms with Crippen LogP contribution in [0.5, 0.6) is 0 Å². The Bertz CT molecular complexity index is 609. The highest BCUT2D eigenvalue weighted by Crippen LogP contribution is 2.25. The second-order valence-corrected chi connectivity index (χ2v) is 5.09. The number of carbonyl (C=O) groups is 1. The topological polar surface area (TPSA) is 103 Å². The molecule has 1 unspecified atom stereocenters. The fourth-order valence-electron chi connectivity index (χ4n) is 2.56. The Morgan fingerprint density at radius 3 is 2.90 bits per heavy atom. The summed E-state index contributed by atoms with van der Waals surface area (Å²) in [5, 5.41) is 17.8. The summed E-state index contributed by atoms with van der Waals surface area (Å²) in [6.45, 7) is 1.80. The number of amides is 1. The molecular weight excluding hydrogens is 270 g/mol. The van der Waals surface area contributed by atoms with E-state index in [9.17, 15) is 10.0 Å². The third-order valence-corrected chi connectivity index (χ3v) is 3.61. The number of fused-ring (bicyclic) bond motifs is 1. The van der Waals surface area contributed by atoms with Crippen LogP contribution in [0.25, 0.3) is 0 Å². The normalized spacial score (nSPS) is 19.8. The maximum Gasteiger partial charge on any atom is 0.291 e. The molecule has 0 aromatic carbocycles. The summed E-state index contributed by atoms with van der Waals surface area (Å²) in [5.41, 5.74) is 2.16. The first-order chi connectivity index (χ1) is 9.95. The van der Waals surface area contributed by atoms with Crippen molar-refractivity contribution in [3.63, 3.8) is 0 Å². The van der Waals surface area contributed by atoms with Gasteiger partial charge in [0.1, 0.15) is 11.5 Å². The maximum atomic E-state index is 11.9. The van der Waals surface area contributed by atoms with E-state index in [1.165, 1.54) is 7.05 Å². The highest BCUT2D eigenvalue weighted by atomic mass is 16.5. The number of nitrogens with one attached hydrogen (secondary N) is 1. The van der Waals surface area contributed by atoms with Crippen LogP contribution >= 0.6 is 0 Å². The Morgan fingerprint density at radius 1 is 1.57 bits per heavy atom. The summed E-state index contributed by atoms with van der Waals surface area (Å²) in [6, 6.07) is 0. The van der Waals surface area contributed by atoms with E-state index in [2.05, 4.69) is 15.0 Å². The van der Waals surface area contributed by atoms with Gasteiger partial charge in [0.15, 0.2) is 0 Å². The lowest BCUT2D eigenvalue weighted by Gasteiger charge is -2.19. The van der Waals surface area contributed by atoms with Gasteiger partial charge in [0.05, 0.1) is 17.3 Å². The molecule has 0 bridgehead atoms. The molecule has 1 atom stereocenters. The molecule has 1 aromatic heterocycles. The van der Waals surface area contributed by atoms with Crippen LogP contribution in [-0.4, -0.2) is 51.7 Å². The number of hydrogen-bond donors (Lipinski definition) is 2. The van der Waals surface area contributed by atoms with E-state index < -0.39 is 11.8 Å². The highest BCUT2D eigenvalue weighted by molar-refractivity contribution is 6.42. The van der Waals surface area contributed by atoms with Gasteiger partial charge in [-0.15, -0.1) is 0 Å². The van der Waals surface area contributed by atoms with Crippen LogP contribution in [0.4, 0.5) is 0 Å². The van der Waals surface area contributed by atoms with Gasteiger partial charge in [-0.25, -0.2) is 15.0 Å². The average Bonchev–Trinajstić information content (AvgIpc) is 2.64. The number of rotatable bonds is 2. The molecule has 1 aliphatic rings. The van der Waals surface area contributed by atoms with Gasteiger partial charge in [0.2, 0.25) is 0 Å². The van der Waals surface area contributed by atoms with Gasteiger partial charge in [-0.05, 0) is 31.7 Å². The molecule has 1 aliphatic carbocycles. The molecule has 1 amide bonds. The second kappa shape index (κ2) is 6.09. The van der Waals surface area contributed by atoms with E-state index in [-0.39, 0.29) is 5.71 Å². The number of hydrogen-bond acceptors (Lipinski definition) is 6. The van der Waals surface area contributed by atoms with Crippen LogP contribution in [0.3, 0.4) is 0 Å². The van der Waals surface area contributed by atoms with Crippen molar-refractivity contribution in [1.82, 2.24) is 15.0 Å². The number of aryl methyl sites for hydroxylation is 2. The second-order valence-electron chi connectivity index (χ2n) is 5.09. The fourth-order valence-corrected chi connectivity index (χ4v) is 2.56. The van der Waals surface area contributed by atoms with Crippen molar-refractivity contribution in [2.24, 2.45) is 10.9 Å². The molecule has 2 rings (SSSR count). The standard InChI is InChI=1S/C14H19N5O2/c1-8-17-7-9-5-4-6-10(11(15)14(20)19(3)21)13(16-2)12(9)18-8/h7,10,15,21H,4-6H2,1-3H3. The van der Waals surface area contributed by atoms with Crippen molar-refractivity contribution >= 4 is 17.3 Å². The Morgan fingerprint density at radius 2 is 2.29 bits per heavy atom. The fraction of sp³-hybridized carbons (Fsp3) is 0.500. The van der Waals surface area contributed by atoms with E-state index in [4.69, 9.17) is 5.41 Å². The minimum absolute atomic E-state index is 0.162. The maximum absolute atomic E-state index is 11.9. The van der Waals surface area contributed by atoms with Gasteiger partial charge in [-0.2, -0.15) is 0 Å². The van der Waals surface area contributed by atoms with E-state index in [0.29, 0.717) is 28.7 Å². The van der Waals surface area contributed by atoms with Gasteiger partial charge in [0.25, 0.3) is 5.91 Å². The molecule has 7 heteroatoms. The molecule has 0 spiro atoms. The number of nitrogens with zero attached hydrogens (tertiary/aromatic N) is 4. The SMILES string of the molecule is CN=C1c2nc(C)ncc2CCCC1C(=N)C(=O)N(C)O. The van der Waals surface area contributed by atoms with Crippen LogP contribution in [0.1, 0.15) is 29.9 Å². The number of aromatic nitrogens is 2. The van der Waals surface area contributed by atoms with Crippen molar-refractivity contribution in [2.75, 3.05) is 14.1 Å². The molecule has 7 nitrogen and oxygen atoms in total. The van der Waals surface area contributed by atoms with Crippen molar-refractivity contribution in [3.05, 3.63) is 23.3 Å². The monoisotopic (exact) mass is 289 g/mol. The average molecular weight is 289 g/mol. The third-order valence-electron chi connectivity index (χ3n) is 3.61. The Balaban J connectivity index is 2.45. The smallest absolute Gasteiger partial charge is 0.291 e. The quantitative estimate of drug-likeness (QED) is 0.367. The first-order valence-corrected chi connectivity index (χ1v) is 6.80. The van der Waals surface area contributed by atoms with Crippen LogP contribution in [0.15, 0.2) is 11.2 Å². The number of aliphatic imine (C=N–C) groups is 1. The minimum atomic E-state index is -0.713. The highest BCUT2D eigenvalue weighted by Gasteiger charge is 2.32. The number of hydroxylamine groups is 2. The lowest BCUT2D eigenvalue weighted by molar-refractivity contribution is -0.151. The van der Waals surface area contributed by atoms with Gasteiger partial charge in [-0.1, -0.05) is 0 Å². The molecule has 0 aliphatic heterocycles. The largest absolute Gasteiger partial charge is 0.299 e. The molecule has 2 N–H and O–H groups in total. The molecule has 1 heterocycles. The molecule has 0 saturated carbocycles. The van der Waals surface area contributed by atoms with Crippen LogP contribution in [0, 0.1) is 18.3 Å². The predicted molar refractivity (Wildman–Crippen MR) is 77.9 cm³/mol.